The minimum absolute atomic E-state index is 0.116. The summed E-state index contributed by atoms with van der Waals surface area (Å²) in [4.78, 5) is 20.3. The van der Waals surface area contributed by atoms with Crippen molar-refractivity contribution in [2.24, 2.45) is 0 Å². The molecule has 0 saturated heterocycles. The predicted octanol–water partition coefficient (Wildman–Crippen LogP) is 3.41. The molecule has 2 rings (SSSR count). The fourth-order valence-electron chi connectivity index (χ4n) is 1.94. The minimum atomic E-state index is -0.292. The summed E-state index contributed by atoms with van der Waals surface area (Å²) in [5, 5.41) is 6.02. The fourth-order valence-corrected chi connectivity index (χ4v) is 2.16. The summed E-state index contributed by atoms with van der Waals surface area (Å²) < 4.78 is 5.12. The summed E-state index contributed by atoms with van der Waals surface area (Å²) in [5.74, 6) is 0.818. The van der Waals surface area contributed by atoms with Crippen LogP contribution in [0.5, 0.6) is 5.75 Å². The van der Waals surface area contributed by atoms with Crippen LogP contribution in [0.15, 0.2) is 30.6 Å². The van der Waals surface area contributed by atoms with Gasteiger partial charge in [0.25, 0.3) is 5.91 Å². The Bertz CT molecular complexity index is 662. The number of hydrogen-bond donors (Lipinski definition) is 2. The highest BCUT2D eigenvalue weighted by Crippen LogP contribution is 2.24. The van der Waals surface area contributed by atoms with Crippen molar-refractivity contribution in [2.75, 3.05) is 19.0 Å². The Morgan fingerprint density at radius 2 is 2.00 bits per heavy atom. The first kappa shape index (κ1) is 17.0. The highest BCUT2D eigenvalue weighted by Gasteiger charge is 2.18. The van der Waals surface area contributed by atoms with Gasteiger partial charge in [-0.3, -0.25) is 4.79 Å². The van der Waals surface area contributed by atoms with Gasteiger partial charge in [-0.15, -0.1) is 0 Å². The Hall–Kier alpha value is -2.34. The number of carbonyl (C=O) groups excluding carboxylic acids is 1. The summed E-state index contributed by atoms with van der Waals surface area (Å²) in [6, 6.07) is 7.28. The maximum atomic E-state index is 12.3. The normalized spacial score (nSPS) is 10.2. The lowest BCUT2D eigenvalue weighted by Crippen LogP contribution is -2.26. The molecular formula is C16H19ClN4O2. The van der Waals surface area contributed by atoms with E-state index in [1.54, 1.807) is 7.11 Å². The Morgan fingerprint density at radius 1 is 1.26 bits per heavy atom. The van der Waals surface area contributed by atoms with Gasteiger partial charge in [0, 0.05) is 12.2 Å². The average Bonchev–Trinajstić information content (AvgIpc) is 2.56. The smallest absolute Gasteiger partial charge is 0.258 e. The first-order chi connectivity index (χ1) is 11.2. The second-order valence-corrected chi connectivity index (χ2v) is 5.21. The van der Waals surface area contributed by atoms with Gasteiger partial charge in [-0.2, -0.15) is 0 Å². The van der Waals surface area contributed by atoms with Crippen LogP contribution in [-0.2, 0) is 0 Å². The van der Waals surface area contributed by atoms with Gasteiger partial charge in [0.15, 0.2) is 0 Å². The van der Waals surface area contributed by atoms with Gasteiger partial charge in [-0.25, -0.2) is 9.97 Å². The van der Waals surface area contributed by atoms with Crippen LogP contribution >= 0.6 is 11.6 Å². The van der Waals surface area contributed by atoms with Gasteiger partial charge >= 0.3 is 0 Å². The Kier molecular flexibility index (Phi) is 6.17. The number of unbranched alkanes of at least 4 members (excludes halogenated alkanes) is 1. The van der Waals surface area contributed by atoms with Crippen molar-refractivity contribution >= 4 is 29.0 Å². The van der Waals surface area contributed by atoms with Crippen LogP contribution in [-0.4, -0.2) is 29.5 Å². The zero-order chi connectivity index (χ0) is 16.7. The Balaban J connectivity index is 2.20. The van der Waals surface area contributed by atoms with Crippen LogP contribution in [0, 0.1) is 0 Å². The van der Waals surface area contributed by atoms with E-state index in [0.29, 0.717) is 12.4 Å². The molecule has 0 radical (unpaired) electrons. The van der Waals surface area contributed by atoms with Gasteiger partial charge in [0.05, 0.1) is 7.11 Å². The summed E-state index contributed by atoms with van der Waals surface area (Å²) in [5.41, 5.74) is 1.00. The van der Waals surface area contributed by atoms with Gasteiger partial charge in [-0.05, 0) is 30.7 Å². The Morgan fingerprint density at radius 3 is 2.65 bits per heavy atom. The first-order valence-corrected chi connectivity index (χ1v) is 7.73. The van der Waals surface area contributed by atoms with Gasteiger partial charge in [0.2, 0.25) is 0 Å². The number of benzene rings is 1. The van der Waals surface area contributed by atoms with E-state index in [1.807, 2.05) is 24.3 Å². The van der Waals surface area contributed by atoms with Crippen LogP contribution in [0.3, 0.4) is 0 Å². The van der Waals surface area contributed by atoms with Crippen molar-refractivity contribution in [3.63, 3.8) is 0 Å². The minimum Gasteiger partial charge on any atom is -0.497 e. The molecule has 0 aliphatic carbocycles. The molecule has 23 heavy (non-hydrogen) atoms. The number of amides is 1. The molecule has 0 spiro atoms. The number of hydrogen-bond acceptors (Lipinski definition) is 5. The molecule has 0 aliphatic rings. The van der Waals surface area contributed by atoms with Crippen molar-refractivity contribution in [1.29, 1.82) is 0 Å². The summed E-state index contributed by atoms with van der Waals surface area (Å²) >= 11 is 6.08. The topological polar surface area (TPSA) is 76.1 Å². The van der Waals surface area contributed by atoms with E-state index < -0.39 is 0 Å². The van der Waals surface area contributed by atoms with Crippen molar-refractivity contribution in [1.82, 2.24) is 15.3 Å². The van der Waals surface area contributed by atoms with Crippen molar-refractivity contribution in [3.8, 4) is 5.75 Å². The average molecular weight is 335 g/mol. The largest absolute Gasteiger partial charge is 0.497 e. The second-order valence-electron chi connectivity index (χ2n) is 4.85. The number of nitrogens with zero attached hydrogens (tertiary/aromatic N) is 2. The fraction of sp³-hybridized carbons (Fsp3) is 0.312. The van der Waals surface area contributed by atoms with E-state index in [1.165, 1.54) is 6.33 Å². The number of rotatable bonds is 7. The lowest BCUT2D eigenvalue weighted by molar-refractivity contribution is 0.0953. The molecule has 1 amide bonds. The predicted molar refractivity (Wildman–Crippen MR) is 90.6 cm³/mol. The van der Waals surface area contributed by atoms with Crippen LogP contribution in [0.2, 0.25) is 5.15 Å². The Labute approximate surface area is 140 Å². The zero-order valence-corrected chi connectivity index (χ0v) is 13.9. The molecule has 7 heteroatoms. The van der Waals surface area contributed by atoms with Crippen molar-refractivity contribution in [3.05, 3.63) is 41.3 Å². The van der Waals surface area contributed by atoms with Crippen molar-refractivity contribution in [2.45, 2.75) is 19.8 Å². The van der Waals surface area contributed by atoms with E-state index in [-0.39, 0.29) is 16.6 Å². The molecule has 0 atom stereocenters. The SMILES string of the molecule is CCCCNC(=O)c1c(Cl)ncnc1Nc1ccc(OC)cc1. The zero-order valence-electron chi connectivity index (χ0n) is 13.1. The summed E-state index contributed by atoms with van der Waals surface area (Å²) in [6.07, 6.45) is 3.21. The number of ether oxygens (including phenoxy) is 1. The molecule has 1 aromatic heterocycles. The van der Waals surface area contributed by atoms with Crippen LogP contribution in [0.1, 0.15) is 30.1 Å². The number of halogens is 1. The van der Waals surface area contributed by atoms with E-state index in [2.05, 4.69) is 27.5 Å². The van der Waals surface area contributed by atoms with E-state index in [9.17, 15) is 4.79 Å². The third kappa shape index (κ3) is 4.56. The third-order valence-electron chi connectivity index (χ3n) is 3.20. The van der Waals surface area contributed by atoms with Crippen LogP contribution in [0.25, 0.3) is 0 Å². The second kappa shape index (κ2) is 8.33. The number of aromatic nitrogens is 2. The molecule has 0 fully saturated rings. The lowest BCUT2D eigenvalue weighted by atomic mass is 10.2. The molecule has 1 heterocycles. The number of anilines is 2. The quantitative estimate of drug-likeness (QED) is 0.599. The number of carbonyl (C=O) groups is 1. The molecule has 6 nitrogen and oxygen atoms in total. The molecule has 1 aromatic carbocycles. The summed E-state index contributed by atoms with van der Waals surface area (Å²) in [7, 11) is 1.60. The molecule has 0 unspecified atom stereocenters. The van der Waals surface area contributed by atoms with Gasteiger partial charge < -0.3 is 15.4 Å². The van der Waals surface area contributed by atoms with Crippen molar-refractivity contribution < 1.29 is 9.53 Å². The standard InChI is InChI=1S/C16H19ClN4O2/c1-3-4-9-18-16(22)13-14(17)19-10-20-15(13)21-11-5-7-12(23-2)8-6-11/h5-8,10H,3-4,9H2,1-2H3,(H,18,22)(H,19,20,21). The summed E-state index contributed by atoms with van der Waals surface area (Å²) in [6.45, 7) is 2.64. The number of nitrogens with one attached hydrogen (secondary N) is 2. The molecule has 122 valence electrons. The number of methoxy groups -OCH3 is 1. The van der Waals surface area contributed by atoms with E-state index in [4.69, 9.17) is 16.3 Å². The van der Waals surface area contributed by atoms with Crippen LogP contribution < -0.4 is 15.4 Å². The molecule has 2 aromatic rings. The van der Waals surface area contributed by atoms with Gasteiger partial charge in [0.1, 0.15) is 28.6 Å². The molecule has 0 bridgehead atoms. The maximum absolute atomic E-state index is 12.3. The van der Waals surface area contributed by atoms with Gasteiger partial charge in [-0.1, -0.05) is 24.9 Å². The van der Waals surface area contributed by atoms with Crippen LogP contribution in [0.4, 0.5) is 11.5 Å². The first-order valence-electron chi connectivity index (χ1n) is 7.35. The van der Waals surface area contributed by atoms with E-state index in [0.717, 1.165) is 24.3 Å². The van der Waals surface area contributed by atoms with E-state index >= 15 is 0 Å². The molecule has 2 N–H and O–H groups in total. The molecule has 0 saturated carbocycles. The monoisotopic (exact) mass is 334 g/mol. The maximum Gasteiger partial charge on any atom is 0.258 e. The molecular weight excluding hydrogens is 316 g/mol. The highest BCUT2D eigenvalue weighted by molar-refractivity contribution is 6.33. The molecule has 0 aliphatic heterocycles. The lowest BCUT2D eigenvalue weighted by Gasteiger charge is -2.12. The third-order valence-corrected chi connectivity index (χ3v) is 3.48. The highest BCUT2D eigenvalue weighted by atomic mass is 35.5.